The summed E-state index contributed by atoms with van der Waals surface area (Å²) in [5, 5.41) is 13.2. The van der Waals surface area contributed by atoms with Crippen molar-refractivity contribution in [3.63, 3.8) is 0 Å². The Morgan fingerprint density at radius 1 is 1.09 bits per heavy atom. The highest BCUT2D eigenvalue weighted by Crippen LogP contribution is 2.19. The molecular weight excluding hydrogens is 440 g/mol. The maximum Gasteiger partial charge on any atom is 0.256 e. The highest BCUT2D eigenvalue weighted by molar-refractivity contribution is 5.97. The molecule has 1 aromatic carbocycles. The van der Waals surface area contributed by atoms with E-state index in [9.17, 15) is 14.7 Å². The number of carbonyl (C=O) groups is 1. The molecule has 4 aromatic rings. The van der Waals surface area contributed by atoms with E-state index >= 15 is 0 Å². The second-order valence-electron chi connectivity index (χ2n) is 9.04. The molecule has 0 unspecified atom stereocenters. The van der Waals surface area contributed by atoms with Gasteiger partial charge < -0.3 is 15.0 Å². The van der Waals surface area contributed by atoms with Gasteiger partial charge in [0.15, 0.2) is 0 Å². The van der Waals surface area contributed by atoms with Gasteiger partial charge in [0.05, 0.1) is 11.0 Å². The molecule has 176 valence electrons. The van der Waals surface area contributed by atoms with Crippen LogP contribution in [0.15, 0.2) is 71.9 Å². The zero-order valence-electron chi connectivity index (χ0n) is 20.0. The van der Waals surface area contributed by atoms with Crippen LogP contribution < -0.4 is 10.7 Å². The molecule has 0 saturated heterocycles. The fourth-order valence-electron chi connectivity index (χ4n) is 3.56. The van der Waals surface area contributed by atoms with Crippen molar-refractivity contribution in [2.45, 2.75) is 39.3 Å². The van der Waals surface area contributed by atoms with Gasteiger partial charge in [-0.15, -0.1) is 0 Å². The van der Waals surface area contributed by atoms with Gasteiger partial charge in [-0.3, -0.25) is 9.59 Å². The first-order valence-corrected chi connectivity index (χ1v) is 11.3. The van der Waals surface area contributed by atoms with Gasteiger partial charge in [0, 0.05) is 41.4 Å². The predicted molar refractivity (Wildman–Crippen MR) is 135 cm³/mol. The molecule has 0 aliphatic carbocycles. The van der Waals surface area contributed by atoms with E-state index in [0.29, 0.717) is 28.0 Å². The Labute approximate surface area is 203 Å². The summed E-state index contributed by atoms with van der Waals surface area (Å²) in [6.07, 6.45) is 4.75. The SMILES string of the molecule is CC(C)NC(=O)c1cn(-c2cccc(C#Cc3ccc(C(C)(C)O)cn3)c2)c2ncccc2c1=O. The zero-order valence-corrected chi connectivity index (χ0v) is 20.0. The van der Waals surface area contributed by atoms with Crippen molar-refractivity contribution in [3.8, 4) is 17.5 Å². The number of fused-ring (bicyclic) bond motifs is 1. The van der Waals surface area contributed by atoms with Crippen LogP contribution in [0, 0.1) is 11.8 Å². The Morgan fingerprint density at radius 3 is 2.57 bits per heavy atom. The maximum absolute atomic E-state index is 13.0. The third kappa shape index (κ3) is 5.29. The number of hydrogen-bond acceptors (Lipinski definition) is 5. The van der Waals surface area contributed by atoms with E-state index in [1.165, 1.54) is 6.20 Å². The number of benzene rings is 1. The summed E-state index contributed by atoms with van der Waals surface area (Å²) >= 11 is 0. The highest BCUT2D eigenvalue weighted by Gasteiger charge is 2.18. The largest absolute Gasteiger partial charge is 0.386 e. The smallest absolute Gasteiger partial charge is 0.256 e. The molecule has 0 spiro atoms. The molecule has 0 aliphatic heterocycles. The average molecular weight is 467 g/mol. The van der Waals surface area contributed by atoms with E-state index in [-0.39, 0.29) is 17.0 Å². The number of hydrogen-bond donors (Lipinski definition) is 2. The number of aromatic nitrogens is 3. The van der Waals surface area contributed by atoms with Gasteiger partial charge in [-0.05, 0) is 70.0 Å². The van der Waals surface area contributed by atoms with Crippen molar-refractivity contribution >= 4 is 16.9 Å². The van der Waals surface area contributed by atoms with Crippen LogP contribution in [0.1, 0.15) is 54.9 Å². The van der Waals surface area contributed by atoms with Crippen LogP contribution in [0.5, 0.6) is 0 Å². The minimum atomic E-state index is -0.966. The summed E-state index contributed by atoms with van der Waals surface area (Å²) < 4.78 is 1.73. The van der Waals surface area contributed by atoms with Gasteiger partial charge >= 0.3 is 0 Å². The molecule has 0 saturated carbocycles. The van der Waals surface area contributed by atoms with Crippen molar-refractivity contribution in [2.75, 3.05) is 0 Å². The summed E-state index contributed by atoms with van der Waals surface area (Å²) in [6.45, 7) is 7.09. The zero-order chi connectivity index (χ0) is 25.2. The molecule has 0 bridgehead atoms. The molecule has 4 rings (SSSR count). The number of aliphatic hydroxyl groups is 1. The summed E-state index contributed by atoms with van der Waals surface area (Å²) in [5.41, 5.74) is 1.90. The number of nitrogens with zero attached hydrogens (tertiary/aromatic N) is 3. The number of pyridine rings is 3. The molecule has 0 radical (unpaired) electrons. The first-order valence-electron chi connectivity index (χ1n) is 11.3. The van der Waals surface area contributed by atoms with Crippen LogP contribution in [-0.2, 0) is 5.60 Å². The van der Waals surface area contributed by atoms with Crippen LogP contribution in [-0.4, -0.2) is 31.6 Å². The molecule has 35 heavy (non-hydrogen) atoms. The lowest BCUT2D eigenvalue weighted by molar-refractivity contribution is 0.0782. The molecule has 2 N–H and O–H groups in total. The van der Waals surface area contributed by atoms with Crippen molar-refractivity contribution in [1.82, 2.24) is 19.9 Å². The Balaban J connectivity index is 1.76. The minimum absolute atomic E-state index is 0.0479. The summed E-state index contributed by atoms with van der Waals surface area (Å²) in [7, 11) is 0. The molecule has 1 amide bonds. The van der Waals surface area contributed by atoms with Crippen molar-refractivity contribution in [1.29, 1.82) is 0 Å². The topological polar surface area (TPSA) is 97.1 Å². The standard InChI is InChI=1S/C28H26N4O3/c1-18(2)31-27(34)24-17-32(26-23(25(24)33)9-6-14-29-26)22-8-5-7-19(15-22)10-12-21-13-11-20(16-30-21)28(3,4)35/h5-9,11,13-18,35H,1-4H3,(H,31,34). The van der Waals surface area contributed by atoms with Crippen molar-refractivity contribution in [2.24, 2.45) is 0 Å². The first-order chi connectivity index (χ1) is 16.6. The number of carbonyl (C=O) groups excluding carboxylic acids is 1. The van der Waals surface area contributed by atoms with Crippen LogP contribution in [0.4, 0.5) is 0 Å². The monoisotopic (exact) mass is 466 g/mol. The van der Waals surface area contributed by atoms with Gasteiger partial charge in [0.2, 0.25) is 5.43 Å². The second kappa shape index (κ2) is 9.53. The van der Waals surface area contributed by atoms with E-state index < -0.39 is 11.5 Å². The van der Waals surface area contributed by atoms with E-state index in [2.05, 4.69) is 27.1 Å². The molecule has 3 heterocycles. The van der Waals surface area contributed by atoms with Crippen LogP contribution >= 0.6 is 0 Å². The maximum atomic E-state index is 13.0. The van der Waals surface area contributed by atoms with Crippen LogP contribution in [0.2, 0.25) is 0 Å². The summed E-state index contributed by atoms with van der Waals surface area (Å²) in [4.78, 5) is 34.4. The van der Waals surface area contributed by atoms with Gasteiger partial charge in [-0.25, -0.2) is 9.97 Å². The quantitative estimate of drug-likeness (QED) is 0.449. The highest BCUT2D eigenvalue weighted by atomic mass is 16.3. The minimum Gasteiger partial charge on any atom is -0.386 e. The molecule has 0 fully saturated rings. The molecular formula is C28H26N4O3. The molecule has 0 aliphatic rings. The van der Waals surface area contributed by atoms with Crippen molar-refractivity contribution < 1.29 is 9.90 Å². The average Bonchev–Trinajstić information content (AvgIpc) is 2.82. The fourth-order valence-corrected chi connectivity index (χ4v) is 3.56. The predicted octanol–water partition coefficient (Wildman–Crippen LogP) is 3.55. The van der Waals surface area contributed by atoms with Crippen LogP contribution in [0.25, 0.3) is 16.7 Å². The third-order valence-electron chi connectivity index (χ3n) is 5.36. The van der Waals surface area contributed by atoms with E-state index in [0.717, 1.165) is 5.56 Å². The van der Waals surface area contributed by atoms with E-state index in [1.807, 2.05) is 38.1 Å². The van der Waals surface area contributed by atoms with Gasteiger partial charge in [0.25, 0.3) is 5.91 Å². The normalized spacial score (nSPS) is 11.3. The molecule has 7 heteroatoms. The Hall–Kier alpha value is -4.28. The Kier molecular flexibility index (Phi) is 6.50. The first kappa shape index (κ1) is 23.9. The number of amides is 1. The lowest BCUT2D eigenvalue weighted by atomic mass is 10.0. The lowest BCUT2D eigenvalue weighted by Crippen LogP contribution is -2.34. The van der Waals surface area contributed by atoms with Crippen LogP contribution in [0.3, 0.4) is 0 Å². The van der Waals surface area contributed by atoms with Gasteiger partial charge in [-0.2, -0.15) is 0 Å². The summed E-state index contributed by atoms with van der Waals surface area (Å²) in [6, 6.07) is 14.3. The van der Waals surface area contributed by atoms with E-state index in [4.69, 9.17) is 0 Å². The number of nitrogens with one attached hydrogen (secondary N) is 1. The fraction of sp³-hybridized carbons (Fsp3) is 0.214. The third-order valence-corrected chi connectivity index (χ3v) is 5.36. The molecule has 0 atom stereocenters. The Bertz CT molecular complexity index is 1520. The summed E-state index contributed by atoms with van der Waals surface area (Å²) in [5.74, 6) is 5.71. The van der Waals surface area contributed by atoms with Gasteiger partial charge in [-0.1, -0.05) is 18.1 Å². The van der Waals surface area contributed by atoms with Crippen molar-refractivity contribution in [3.05, 3.63) is 99.7 Å². The van der Waals surface area contributed by atoms with E-state index in [1.54, 1.807) is 55.1 Å². The number of rotatable bonds is 4. The second-order valence-corrected chi connectivity index (χ2v) is 9.04. The molecule has 3 aromatic heterocycles. The molecule has 7 nitrogen and oxygen atoms in total. The lowest BCUT2D eigenvalue weighted by Gasteiger charge is -2.16. The Morgan fingerprint density at radius 2 is 1.89 bits per heavy atom. The van der Waals surface area contributed by atoms with Gasteiger partial charge in [0.1, 0.15) is 16.9 Å².